The number of methoxy groups -OCH3 is 1. The van der Waals surface area contributed by atoms with Gasteiger partial charge in [0.2, 0.25) is 0 Å². The maximum absolute atomic E-state index is 5.86. The summed E-state index contributed by atoms with van der Waals surface area (Å²) in [5, 5.41) is 7.76. The van der Waals surface area contributed by atoms with Gasteiger partial charge in [0, 0.05) is 50.7 Å². The molecule has 1 fully saturated rings. The zero-order valence-corrected chi connectivity index (χ0v) is 18.4. The number of H-pyrrole nitrogens is 1. The molecule has 1 N–H and O–H groups in total. The number of hydrogen-bond acceptors (Lipinski definition) is 4. The molecule has 1 saturated carbocycles. The molecule has 1 heterocycles. The highest BCUT2D eigenvalue weighted by molar-refractivity contribution is 5.22. The molecule has 1 aliphatic rings. The SMILES string of the molecule is CCCCN(C)Cc1cn[nH]c1C1CC(COC)C(C)(C)C(COCC)C1. The maximum atomic E-state index is 5.86. The van der Waals surface area contributed by atoms with Crippen LogP contribution in [0.4, 0.5) is 0 Å². The van der Waals surface area contributed by atoms with Gasteiger partial charge >= 0.3 is 0 Å². The smallest absolute Gasteiger partial charge is 0.0535 e. The first-order chi connectivity index (χ1) is 12.9. The molecule has 1 aromatic rings. The van der Waals surface area contributed by atoms with Crippen molar-refractivity contribution in [3.63, 3.8) is 0 Å². The highest BCUT2D eigenvalue weighted by Gasteiger charge is 2.44. The van der Waals surface area contributed by atoms with Crippen LogP contribution in [0.25, 0.3) is 0 Å². The lowest BCUT2D eigenvalue weighted by Gasteiger charge is -2.48. The van der Waals surface area contributed by atoms with Gasteiger partial charge in [-0.05, 0) is 57.0 Å². The first kappa shape index (κ1) is 22.4. The van der Waals surface area contributed by atoms with Crippen LogP contribution in [0.5, 0.6) is 0 Å². The summed E-state index contributed by atoms with van der Waals surface area (Å²) in [6, 6.07) is 0. The molecular weight excluding hydrogens is 338 g/mol. The van der Waals surface area contributed by atoms with E-state index in [9.17, 15) is 0 Å². The Bertz CT molecular complexity index is 543. The Morgan fingerprint density at radius 1 is 1.22 bits per heavy atom. The lowest BCUT2D eigenvalue weighted by Crippen LogP contribution is -2.43. The fourth-order valence-corrected chi connectivity index (χ4v) is 4.59. The lowest BCUT2D eigenvalue weighted by atomic mass is 9.59. The third kappa shape index (κ3) is 5.78. The number of ether oxygens (including phenoxy) is 2. The predicted octanol–water partition coefficient (Wildman–Crippen LogP) is 4.46. The average molecular weight is 380 g/mol. The summed E-state index contributed by atoms with van der Waals surface area (Å²) in [6.45, 7) is 13.6. The molecule has 1 aromatic heterocycles. The van der Waals surface area contributed by atoms with Gasteiger partial charge < -0.3 is 14.4 Å². The van der Waals surface area contributed by atoms with E-state index in [1.54, 1.807) is 0 Å². The van der Waals surface area contributed by atoms with Gasteiger partial charge in [0.05, 0.1) is 6.20 Å². The molecule has 0 radical (unpaired) electrons. The van der Waals surface area contributed by atoms with Gasteiger partial charge in [0.25, 0.3) is 0 Å². The molecule has 27 heavy (non-hydrogen) atoms. The average Bonchev–Trinajstić information content (AvgIpc) is 3.08. The van der Waals surface area contributed by atoms with E-state index in [0.717, 1.165) is 45.8 Å². The first-order valence-corrected chi connectivity index (χ1v) is 10.7. The summed E-state index contributed by atoms with van der Waals surface area (Å²) >= 11 is 0. The Labute approximate surface area is 166 Å². The summed E-state index contributed by atoms with van der Waals surface area (Å²) in [4.78, 5) is 2.41. The summed E-state index contributed by atoms with van der Waals surface area (Å²) in [5.41, 5.74) is 2.90. The fraction of sp³-hybridized carbons (Fsp3) is 0.864. The Balaban J connectivity index is 2.16. The minimum atomic E-state index is 0.222. The van der Waals surface area contributed by atoms with Crippen LogP contribution in [0.1, 0.15) is 70.6 Å². The van der Waals surface area contributed by atoms with E-state index < -0.39 is 0 Å². The molecule has 3 atom stereocenters. The van der Waals surface area contributed by atoms with Crippen molar-refractivity contribution in [2.45, 2.75) is 65.8 Å². The second kappa shape index (κ2) is 10.6. The summed E-state index contributed by atoms with van der Waals surface area (Å²) in [7, 11) is 4.03. The van der Waals surface area contributed by atoms with Crippen molar-refractivity contribution in [3.05, 3.63) is 17.5 Å². The van der Waals surface area contributed by atoms with Crippen LogP contribution in [0.3, 0.4) is 0 Å². The molecule has 0 aliphatic heterocycles. The standard InChI is InChI=1S/C22H41N3O2/c1-7-9-10-25(5)14-18-13-23-24-21(18)17-11-19(15-26-6)22(3,4)20(12-17)16-27-8-2/h13,17,19-20H,7-12,14-16H2,1-6H3,(H,23,24). The van der Waals surface area contributed by atoms with Crippen molar-refractivity contribution >= 4 is 0 Å². The largest absolute Gasteiger partial charge is 0.384 e. The van der Waals surface area contributed by atoms with Crippen LogP contribution in [0, 0.1) is 17.3 Å². The number of hydrogen-bond donors (Lipinski definition) is 1. The molecule has 5 nitrogen and oxygen atoms in total. The molecule has 0 amide bonds. The van der Waals surface area contributed by atoms with Crippen LogP contribution in [-0.2, 0) is 16.0 Å². The highest BCUT2D eigenvalue weighted by atomic mass is 16.5. The zero-order valence-electron chi connectivity index (χ0n) is 18.4. The Morgan fingerprint density at radius 2 is 1.93 bits per heavy atom. The van der Waals surface area contributed by atoms with E-state index in [2.05, 4.69) is 49.8 Å². The van der Waals surface area contributed by atoms with Crippen LogP contribution in [0.15, 0.2) is 6.20 Å². The first-order valence-electron chi connectivity index (χ1n) is 10.7. The van der Waals surface area contributed by atoms with Crippen molar-refractivity contribution in [1.82, 2.24) is 15.1 Å². The molecule has 5 heteroatoms. The second-order valence-corrected chi connectivity index (χ2v) is 8.90. The number of nitrogens with one attached hydrogen (secondary N) is 1. The topological polar surface area (TPSA) is 50.4 Å². The van der Waals surface area contributed by atoms with Crippen molar-refractivity contribution in [2.75, 3.05) is 40.5 Å². The molecule has 0 saturated heterocycles. The highest BCUT2D eigenvalue weighted by Crippen LogP contribution is 2.50. The fourth-order valence-electron chi connectivity index (χ4n) is 4.59. The van der Waals surface area contributed by atoms with Gasteiger partial charge in [0.1, 0.15) is 0 Å². The zero-order chi connectivity index (χ0) is 19.9. The van der Waals surface area contributed by atoms with Crippen LogP contribution in [-0.4, -0.2) is 55.6 Å². The molecule has 0 aromatic carbocycles. The van der Waals surface area contributed by atoms with Gasteiger partial charge in [-0.3, -0.25) is 5.10 Å². The van der Waals surface area contributed by atoms with Crippen LogP contribution >= 0.6 is 0 Å². The van der Waals surface area contributed by atoms with Crippen molar-refractivity contribution in [2.24, 2.45) is 17.3 Å². The van der Waals surface area contributed by atoms with Gasteiger partial charge in [-0.2, -0.15) is 5.10 Å². The minimum absolute atomic E-state index is 0.222. The number of nitrogens with zero attached hydrogens (tertiary/aromatic N) is 2. The molecule has 3 unspecified atom stereocenters. The van der Waals surface area contributed by atoms with Gasteiger partial charge in [-0.1, -0.05) is 27.2 Å². The predicted molar refractivity (Wildman–Crippen MR) is 111 cm³/mol. The van der Waals surface area contributed by atoms with E-state index in [-0.39, 0.29) is 5.41 Å². The van der Waals surface area contributed by atoms with Crippen LogP contribution in [0.2, 0.25) is 0 Å². The van der Waals surface area contributed by atoms with Crippen LogP contribution < -0.4 is 0 Å². The normalized spacial score (nSPS) is 25.2. The Kier molecular flexibility index (Phi) is 8.77. The van der Waals surface area contributed by atoms with E-state index >= 15 is 0 Å². The van der Waals surface area contributed by atoms with Gasteiger partial charge in [-0.25, -0.2) is 0 Å². The Morgan fingerprint density at radius 3 is 2.56 bits per heavy atom. The third-order valence-electron chi connectivity index (χ3n) is 6.63. The van der Waals surface area contributed by atoms with Crippen molar-refractivity contribution < 1.29 is 9.47 Å². The summed E-state index contributed by atoms with van der Waals surface area (Å²) in [6.07, 6.45) is 6.81. The number of aromatic amines is 1. The van der Waals surface area contributed by atoms with Gasteiger partial charge in [0.15, 0.2) is 0 Å². The van der Waals surface area contributed by atoms with Crippen molar-refractivity contribution in [1.29, 1.82) is 0 Å². The van der Waals surface area contributed by atoms with E-state index in [4.69, 9.17) is 9.47 Å². The molecule has 0 spiro atoms. The monoisotopic (exact) mass is 379 g/mol. The molecule has 2 rings (SSSR count). The van der Waals surface area contributed by atoms with E-state index in [0.29, 0.717) is 17.8 Å². The summed E-state index contributed by atoms with van der Waals surface area (Å²) < 4.78 is 11.5. The third-order valence-corrected chi connectivity index (χ3v) is 6.63. The second-order valence-electron chi connectivity index (χ2n) is 8.90. The maximum Gasteiger partial charge on any atom is 0.0535 e. The number of unbranched alkanes of at least 4 members (excludes halogenated alkanes) is 1. The molecule has 156 valence electrons. The molecule has 1 aliphatic carbocycles. The summed E-state index contributed by atoms with van der Waals surface area (Å²) in [5.74, 6) is 1.56. The van der Waals surface area contributed by atoms with Gasteiger partial charge in [-0.15, -0.1) is 0 Å². The quantitative estimate of drug-likeness (QED) is 0.617. The number of rotatable bonds is 11. The Hall–Kier alpha value is -0.910. The lowest BCUT2D eigenvalue weighted by molar-refractivity contribution is -0.0413. The van der Waals surface area contributed by atoms with E-state index in [1.807, 2.05) is 13.3 Å². The van der Waals surface area contributed by atoms with E-state index in [1.165, 1.54) is 24.1 Å². The molecular formula is C22H41N3O2. The van der Waals surface area contributed by atoms with Crippen molar-refractivity contribution in [3.8, 4) is 0 Å². The molecule has 0 bridgehead atoms. The number of aromatic nitrogens is 2. The minimum Gasteiger partial charge on any atom is -0.384 e.